The van der Waals surface area contributed by atoms with Crippen LogP contribution in [0.1, 0.15) is 13.3 Å². The van der Waals surface area contributed by atoms with Gasteiger partial charge in [0.1, 0.15) is 11.9 Å². The SMILES string of the molecule is C[C@@H](CC(=O)O)Oc1c(Br)cc(Br)cc1Br. The second-order valence-corrected chi connectivity index (χ2v) is 5.85. The van der Waals surface area contributed by atoms with E-state index in [1.54, 1.807) is 6.92 Å². The van der Waals surface area contributed by atoms with Crippen LogP contribution in [-0.4, -0.2) is 17.2 Å². The molecule has 1 atom stereocenters. The summed E-state index contributed by atoms with van der Waals surface area (Å²) in [6, 6.07) is 3.68. The van der Waals surface area contributed by atoms with Crippen LogP contribution < -0.4 is 4.74 Å². The molecule has 0 heterocycles. The Morgan fingerprint density at radius 1 is 1.38 bits per heavy atom. The van der Waals surface area contributed by atoms with Crippen LogP contribution in [-0.2, 0) is 4.79 Å². The molecular weight excluding hydrogens is 408 g/mol. The molecular formula is C10H9Br3O3. The van der Waals surface area contributed by atoms with Gasteiger partial charge in [-0.25, -0.2) is 0 Å². The zero-order valence-electron chi connectivity index (χ0n) is 8.34. The van der Waals surface area contributed by atoms with Crippen molar-refractivity contribution in [2.45, 2.75) is 19.4 Å². The topological polar surface area (TPSA) is 46.5 Å². The molecule has 1 aromatic carbocycles. The number of hydrogen-bond acceptors (Lipinski definition) is 2. The Morgan fingerprint density at radius 3 is 2.31 bits per heavy atom. The third-order valence-corrected chi connectivity index (χ3v) is 3.38. The number of carboxylic acid groups (broad SMARTS) is 1. The molecule has 1 N–H and O–H groups in total. The van der Waals surface area contributed by atoms with E-state index in [9.17, 15) is 4.79 Å². The van der Waals surface area contributed by atoms with Gasteiger partial charge in [-0.15, -0.1) is 0 Å². The molecule has 0 aliphatic carbocycles. The van der Waals surface area contributed by atoms with Crippen LogP contribution in [0.15, 0.2) is 25.6 Å². The van der Waals surface area contributed by atoms with Crippen molar-refractivity contribution < 1.29 is 14.6 Å². The summed E-state index contributed by atoms with van der Waals surface area (Å²) in [5.41, 5.74) is 0. The molecule has 0 aliphatic rings. The Bertz CT molecular complexity index is 383. The molecule has 3 nitrogen and oxygen atoms in total. The third-order valence-electron chi connectivity index (χ3n) is 1.74. The fourth-order valence-electron chi connectivity index (χ4n) is 1.13. The smallest absolute Gasteiger partial charge is 0.307 e. The molecule has 0 radical (unpaired) electrons. The second kappa shape index (κ2) is 6.02. The van der Waals surface area contributed by atoms with Gasteiger partial charge in [-0.1, -0.05) is 15.9 Å². The third kappa shape index (κ3) is 4.07. The largest absolute Gasteiger partial charge is 0.488 e. The standard InChI is InChI=1S/C10H9Br3O3/c1-5(2-9(14)15)16-10-7(12)3-6(11)4-8(10)13/h3-5H,2H2,1H3,(H,14,15)/t5-/m0/s1. The number of carbonyl (C=O) groups is 1. The van der Waals surface area contributed by atoms with Gasteiger partial charge in [0.15, 0.2) is 0 Å². The van der Waals surface area contributed by atoms with Crippen LogP contribution in [0.3, 0.4) is 0 Å². The molecule has 0 spiro atoms. The molecule has 16 heavy (non-hydrogen) atoms. The zero-order chi connectivity index (χ0) is 12.3. The van der Waals surface area contributed by atoms with Crippen molar-refractivity contribution in [2.24, 2.45) is 0 Å². The van der Waals surface area contributed by atoms with Crippen molar-refractivity contribution in [3.63, 3.8) is 0 Å². The molecule has 0 fully saturated rings. The average molecular weight is 417 g/mol. The van der Waals surface area contributed by atoms with E-state index in [0.717, 1.165) is 13.4 Å². The Morgan fingerprint density at radius 2 is 1.88 bits per heavy atom. The van der Waals surface area contributed by atoms with Crippen LogP contribution >= 0.6 is 47.8 Å². The predicted octanol–water partition coefficient (Wildman–Crippen LogP) is 4.22. The van der Waals surface area contributed by atoms with Crippen molar-refractivity contribution in [1.29, 1.82) is 0 Å². The van der Waals surface area contributed by atoms with Crippen molar-refractivity contribution >= 4 is 53.8 Å². The maximum atomic E-state index is 10.5. The normalized spacial score (nSPS) is 12.2. The van der Waals surface area contributed by atoms with E-state index in [-0.39, 0.29) is 12.5 Å². The number of carboxylic acids is 1. The molecule has 6 heteroatoms. The Labute approximate surface area is 119 Å². The van der Waals surface area contributed by atoms with Gasteiger partial charge in [0.2, 0.25) is 0 Å². The Hall–Kier alpha value is -0.0700. The van der Waals surface area contributed by atoms with Gasteiger partial charge in [0, 0.05) is 4.47 Å². The highest BCUT2D eigenvalue weighted by molar-refractivity contribution is 9.11. The van der Waals surface area contributed by atoms with E-state index in [1.807, 2.05) is 12.1 Å². The highest BCUT2D eigenvalue weighted by atomic mass is 79.9. The first-order valence-corrected chi connectivity index (χ1v) is 6.81. The highest BCUT2D eigenvalue weighted by Gasteiger charge is 2.14. The number of hydrogen-bond donors (Lipinski definition) is 1. The molecule has 1 rings (SSSR count). The van der Waals surface area contributed by atoms with Gasteiger partial charge < -0.3 is 9.84 Å². The maximum absolute atomic E-state index is 10.5. The number of aliphatic carboxylic acids is 1. The van der Waals surface area contributed by atoms with Gasteiger partial charge in [-0.05, 0) is 50.9 Å². The number of ether oxygens (including phenoxy) is 1. The summed E-state index contributed by atoms with van der Waals surface area (Å²) in [4.78, 5) is 10.5. The van der Waals surface area contributed by atoms with Crippen molar-refractivity contribution in [1.82, 2.24) is 0 Å². The van der Waals surface area contributed by atoms with Crippen LogP contribution in [0.2, 0.25) is 0 Å². The molecule has 0 unspecified atom stereocenters. The minimum atomic E-state index is -0.878. The first-order chi connectivity index (χ1) is 7.40. The molecule has 0 amide bonds. The lowest BCUT2D eigenvalue weighted by molar-refractivity contribution is -0.138. The van der Waals surface area contributed by atoms with Gasteiger partial charge in [0.05, 0.1) is 15.4 Å². The minimum Gasteiger partial charge on any atom is -0.488 e. The summed E-state index contributed by atoms with van der Waals surface area (Å²) in [7, 11) is 0. The summed E-state index contributed by atoms with van der Waals surface area (Å²) < 4.78 is 7.99. The molecule has 88 valence electrons. The second-order valence-electron chi connectivity index (χ2n) is 3.22. The summed E-state index contributed by atoms with van der Waals surface area (Å²) >= 11 is 10.1. The maximum Gasteiger partial charge on any atom is 0.307 e. The van der Waals surface area contributed by atoms with E-state index in [4.69, 9.17) is 9.84 Å². The number of halogens is 3. The average Bonchev–Trinajstić information content (AvgIpc) is 2.09. The lowest BCUT2D eigenvalue weighted by Crippen LogP contribution is -2.17. The monoisotopic (exact) mass is 414 g/mol. The first-order valence-electron chi connectivity index (χ1n) is 4.43. The lowest BCUT2D eigenvalue weighted by atomic mass is 10.3. The summed E-state index contributed by atoms with van der Waals surface area (Å²) in [6.45, 7) is 1.72. The summed E-state index contributed by atoms with van der Waals surface area (Å²) in [5.74, 6) is -0.270. The minimum absolute atomic E-state index is 0.0328. The van der Waals surface area contributed by atoms with E-state index in [2.05, 4.69) is 47.8 Å². The quantitative estimate of drug-likeness (QED) is 0.799. The summed E-state index contributed by atoms with van der Waals surface area (Å²) in [6.07, 6.45) is -0.416. The van der Waals surface area contributed by atoms with Crippen LogP contribution in [0.5, 0.6) is 5.75 Å². The zero-order valence-corrected chi connectivity index (χ0v) is 13.1. The molecule has 0 bridgehead atoms. The Balaban J connectivity index is 2.85. The lowest BCUT2D eigenvalue weighted by Gasteiger charge is -2.15. The van der Waals surface area contributed by atoms with Gasteiger partial charge in [0.25, 0.3) is 0 Å². The number of rotatable bonds is 4. The van der Waals surface area contributed by atoms with Crippen molar-refractivity contribution in [2.75, 3.05) is 0 Å². The van der Waals surface area contributed by atoms with Crippen LogP contribution in [0, 0.1) is 0 Å². The van der Waals surface area contributed by atoms with Gasteiger partial charge in [-0.2, -0.15) is 0 Å². The van der Waals surface area contributed by atoms with Crippen LogP contribution in [0.4, 0.5) is 0 Å². The number of benzene rings is 1. The molecule has 0 saturated carbocycles. The first kappa shape index (κ1) is 14.0. The van der Waals surface area contributed by atoms with Crippen molar-refractivity contribution in [3.8, 4) is 5.75 Å². The van der Waals surface area contributed by atoms with E-state index in [1.165, 1.54) is 0 Å². The fourth-order valence-corrected chi connectivity index (χ4v) is 3.58. The predicted molar refractivity (Wildman–Crippen MR) is 71.9 cm³/mol. The fraction of sp³-hybridized carbons (Fsp3) is 0.300. The van der Waals surface area contributed by atoms with Crippen molar-refractivity contribution in [3.05, 3.63) is 25.6 Å². The molecule has 0 aliphatic heterocycles. The Kier molecular flexibility index (Phi) is 5.27. The molecule has 1 aromatic rings. The van der Waals surface area contributed by atoms with Crippen LogP contribution in [0.25, 0.3) is 0 Å². The molecule has 0 aromatic heterocycles. The van der Waals surface area contributed by atoms with E-state index < -0.39 is 5.97 Å². The highest BCUT2D eigenvalue weighted by Crippen LogP contribution is 2.37. The van der Waals surface area contributed by atoms with E-state index >= 15 is 0 Å². The molecule has 0 saturated heterocycles. The van der Waals surface area contributed by atoms with Gasteiger partial charge in [-0.3, -0.25) is 4.79 Å². The van der Waals surface area contributed by atoms with E-state index in [0.29, 0.717) is 5.75 Å². The van der Waals surface area contributed by atoms with Gasteiger partial charge >= 0.3 is 5.97 Å². The summed E-state index contributed by atoms with van der Waals surface area (Å²) in [5, 5.41) is 8.63.